The number of rotatable bonds is 1. The van der Waals surface area contributed by atoms with Gasteiger partial charge in [-0.2, -0.15) is 0 Å². The molecule has 0 fully saturated rings. The average Bonchev–Trinajstić information content (AvgIpc) is 2.39. The topological polar surface area (TPSA) is 60.2 Å². The van der Waals surface area contributed by atoms with Crippen LogP contribution in [0.1, 0.15) is 26.3 Å². The van der Waals surface area contributed by atoms with Crippen LogP contribution >= 0.6 is 0 Å². The van der Waals surface area contributed by atoms with E-state index in [9.17, 15) is 13.0 Å². The summed E-state index contributed by atoms with van der Waals surface area (Å²) in [7, 11) is -2.45. The van der Waals surface area contributed by atoms with Crippen molar-refractivity contribution < 1.29 is 68.9 Å². The molecule has 0 atom stereocenters. The van der Waals surface area contributed by atoms with Gasteiger partial charge in [-0.05, 0) is 26.0 Å². The molecule has 0 radical (unpaired) electrons. The molecule has 0 unspecified atom stereocenters. The van der Waals surface area contributed by atoms with Crippen molar-refractivity contribution in [3.63, 3.8) is 0 Å². The smallest absolute Gasteiger partial charge is 0.744 e. The number of fused-ring (bicyclic) bond motifs is 1. The monoisotopic (exact) mass is 292 g/mol. The Balaban J connectivity index is 0.00000162. The molecule has 92 valence electrons. The maximum Gasteiger partial charge on any atom is 1.00 e. The minimum absolute atomic E-state index is 0. The number of hydrogen-bond acceptors (Lipinski definition) is 3. The van der Waals surface area contributed by atoms with Crippen LogP contribution in [0.4, 0.5) is 5.69 Å². The fourth-order valence-electron chi connectivity index (χ4n) is 2.26. The van der Waals surface area contributed by atoms with Crippen LogP contribution in [0.3, 0.4) is 0 Å². The fourth-order valence-corrected chi connectivity index (χ4v) is 2.76. The summed E-state index contributed by atoms with van der Waals surface area (Å²) in [5.74, 6) is 0. The summed E-state index contributed by atoms with van der Waals surface area (Å²) in [6.45, 7) is 6.04. The first-order valence-corrected chi connectivity index (χ1v) is 6.74. The third-order valence-corrected chi connectivity index (χ3v) is 4.53. The number of benzene rings is 1. The summed E-state index contributed by atoms with van der Waals surface area (Å²) < 4.78 is 35.1. The molecule has 1 aromatic carbocycles. The molecule has 0 aliphatic carbocycles. The predicted octanol–water partition coefficient (Wildman–Crippen LogP) is -1.38. The Bertz CT molecular complexity index is 633. The van der Waals surface area contributed by atoms with Crippen molar-refractivity contribution in [2.75, 3.05) is 7.05 Å². The van der Waals surface area contributed by atoms with Gasteiger partial charge >= 0.3 is 51.4 Å². The van der Waals surface area contributed by atoms with Crippen LogP contribution in [-0.4, -0.2) is 30.3 Å². The minimum atomic E-state index is -4.39. The molecule has 2 rings (SSSR count). The van der Waals surface area contributed by atoms with Gasteiger partial charge in [0.1, 0.15) is 17.2 Å². The van der Waals surface area contributed by atoms with Crippen LogP contribution in [0, 0.1) is 0 Å². The molecular formula is C12H15KNO3S+. The van der Waals surface area contributed by atoms with E-state index in [0.717, 1.165) is 17.0 Å². The van der Waals surface area contributed by atoms with Crippen molar-refractivity contribution in [3.8, 4) is 0 Å². The minimum Gasteiger partial charge on any atom is -0.744 e. The van der Waals surface area contributed by atoms with Crippen LogP contribution in [0.25, 0.3) is 0 Å². The molecule has 4 nitrogen and oxygen atoms in total. The van der Waals surface area contributed by atoms with Gasteiger partial charge in [0.2, 0.25) is 5.69 Å². The van der Waals surface area contributed by atoms with Gasteiger partial charge in [0.05, 0.1) is 10.3 Å². The first-order chi connectivity index (χ1) is 7.65. The molecule has 0 saturated heterocycles. The Kier molecular flexibility index (Phi) is 4.66. The molecule has 6 heteroatoms. The van der Waals surface area contributed by atoms with E-state index >= 15 is 0 Å². The van der Waals surface area contributed by atoms with Crippen LogP contribution in [0.5, 0.6) is 0 Å². The normalized spacial score (nSPS) is 17.4. The van der Waals surface area contributed by atoms with E-state index in [1.807, 2.05) is 32.4 Å². The Hall–Kier alpha value is 0.436. The first-order valence-electron chi connectivity index (χ1n) is 5.34. The first kappa shape index (κ1) is 16.5. The molecule has 18 heavy (non-hydrogen) atoms. The van der Waals surface area contributed by atoms with Crippen molar-refractivity contribution in [2.45, 2.75) is 31.1 Å². The molecule has 0 aromatic heterocycles. The standard InChI is InChI=1S/C12H15NO3S.K/c1-8-12(2,3)10-7-9(17(14,15)16)5-6-11(10)13(8)4;/h5-7H,1-4H3;/q;+1. The SMILES string of the molecule is CC1=[N+](C)c2ccc(S(=O)(=O)[O-])cc2C1(C)C.[K+]. The van der Waals surface area contributed by atoms with Crippen molar-refractivity contribution in [1.82, 2.24) is 0 Å². The van der Waals surface area contributed by atoms with Gasteiger partial charge in [0.25, 0.3) is 0 Å². The molecule has 0 saturated carbocycles. The van der Waals surface area contributed by atoms with Gasteiger partial charge in [-0.3, -0.25) is 0 Å². The molecule has 1 aliphatic rings. The average molecular weight is 292 g/mol. The molecule has 0 amide bonds. The van der Waals surface area contributed by atoms with Gasteiger partial charge in [0, 0.05) is 18.6 Å². The van der Waals surface area contributed by atoms with Crippen LogP contribution in [-0.2, 0) is 15.5 Å². The molecule has 1 aliphatic heterocycles. The summed E-state index contributed by atoms with van der Waals surface area (Å²) >= 11 is 0. The second-order valence-electron chi connectivity index (χ2n) is 4.90. The van der Waals surface area contributed by atoms with Crippen LogP contribution < -0.4 is 51.4 Å². The zero-order valence-corrected chi connectivity index (χ0v) is 15.3. The molecule has 0 N–H and O–H groups in total. The summed E-state index contributed by atoms with van der Waals surface area (Å²) in [4.78, 5) is -0.160. The largest absolute Gasteiger partial charge is 1.00 e. The molecule has 0 bridgehead atoms. The van der Waals surface area contributed by atoms with E-state index in [0.29, 0.717) is 0 Å². The van der Waals surface area contributed by atoms with E-state index < -0.39 is 10.1 Å². The van der Waals surface area contributed by atoms with E-state index in [2.05, 4.69) is 0 Å². The van der Waals surface area contributed by atoms with Crippen molar-refractivity contribution in [2.24, 2.45) is 0 Å². The van der Waals surface area contributed by atoms with Crippen molar-refractivity contribution in [1.29, 1.82) is 0 Å². The van der Waals surface area contributed by atoms with E-state index in [1.54, 1.807) is 6.07 Å². The Morgan fingerprint density at radius 3 is 2.33 bits per heavy atom. The third-order valence-electron chi connectivity index (χ3n) is 3.70. The quantitative estimate of drug-likeness (QED) is 0.364. The summed E-state index contributed by atoms with van der Waals surface area (Å²) in [5, 5.41) is 0. The van der Waals surface area contributed by atoms with Gasteiger partial charge in [-0.1, -0.05) is 0 Å². The zero-order valence-electron chi connectivity index (χ0n) is 11.3. The predicted molar refractivity (Wildman–Crippen MR) is 64.0 cm³/mol. The zero-order chi connectivity index (χ0) is 13.0. The number of nitrogens with zero attached hydrogens (tertiary/aromatic N) is 1. The summed E-state index contributed by atoms with van der Waals surface area (Å²) in [6.07, 6.45) is 0. The maximum atomic E-state index is 11.0. The molecular weight excluding hydrogens is 277 g/mol. The van der Waals surface area contributed by atoms with Gasteiger partial charge < -0.3 is 4.55 Å². The van der Waals surface area contributed by atoms with Gasteiger partial charge in [0.15, 0.2) is 5.71 Å². The second-order valence-corrected chi connectivity index (χ2v) is 6.28. The second kappa shape index (κ2) is 5.08. The van der Waals surface area contributed by atoms with Crippen molar-refractivity contribution >= 4 is 21.5 Å². The Morgan fingerprint density at radius 2 is 1.83 bits per heavy atom. The van der Waals surface area contributed by atoms with Gasteiger partial charge in [-0.15, -0.1) is 0 Å². The van der Waals surface area contributed by atoms with Crippen molar-refractivity contribution in [3.05, 3.63) is 23.8 Å². The van der Waals surface area contributed by atoms with E-state index in [1.165, 1.54) is 12.1 Å². The van der Waals surface area contributed by atoms with Gasteiger partial charge in [-0.25, -0.2) is 13.0 Å². The van der Waals surface area contributed by atoms with E-state index in [-0.39, 0.29) is 61.7 Å². The molecule has 1 heterocycles. The summed E-state index contributed by atoms with van der Waals surface area (Å²) in [5.41, 5.74) is 2.73. The van der Waals surface area contributed by atoms with E-state index in [4.69, 9.17) is 0 Å². The fraction of sp³-hybridized carbons (Fsp3) is 0.417. The summed E-state index contributed by atoms with van der Waals surface area (Å²) in [6, 6.07) is 4.55. The Morgan fingerprint density at radius 1 is 1.28 bits per heavy atom. The molecule has 1 aromatic rings. The Labute approximate surface area is 150 Å². The maximum absolute atomic E-state index is 11.0. The van der Waals surface area contributed by atoms with Crippen LogP contribution in [0.2, 0.25) is 0 Å². The third kappa shape index (κ3) is 2.52. The van der Waals surface area contributed by atoms with Crippen LogP contribution in [0.15, 0.2) is 23.1 Å². The molecule has 0 spiro atoms. The number of hydrogen-bond donors (Lipinski definition) is 0.